The van der Waals surface area contributed by atoms with Crippen molar-refractivity contribution in [2.45, 2.75) is 40.0 Å². The molecular weight excluding hydrogens is 235 g/mol. The van der Waals surface area contributed by atoms with Crippen LogP contribution in [0.4, 0.5) is 4.39 Å². The second-order valence-corrected chi connectivity index (χ2v) is 6.27. The van der Waals surface area contributed by atoms with Crippen molar-refractivity contribution in [2.75, 3.05) is 0 Å². The first kappa shape index (κ1) is 13.8. The van der Waals surface area contributed by atoms with Gasteiger partial charge in [-0.05, 0) is 53.6 Å². The Morgan fingerprint density at radius 2 is 1.58 bits per heavy atom. The maximum atomic E-state index is 14.3. The Morgan fingerprint density at radius 1 is 0.895 bits per heavy atom. The van der Waals surface area contributed by atoms with E-state index < -0.39 is 0 Å². The molecule has 1 heteroatoms. The fraction of sp³-hybridized carbons (Fsp3) is 0.333. The maximum Gasteiger partial charge on any atom is 0.129 e. The molecule has 0 aliphatic heterocycles. The minimum absolute atomic E-state index is 0.0797. The molecule has 0 fully saturated rings. The zero-order valence-electron chi connectivity index (χ0n) is 12.3. The van der Waals surface area contributed by atoms with Gasteiger partial charge < -0.3 is 0 Å². The molecule has 0 aliphatic carbocycles. The predicted molar refractivity (Wildman–Crippen MR) is 80.0 cm³/mol. The number of hydrogen-bond acceptors (Lipinski definition) is 0. The van der Waals surface area contributed by atoms with E-state index in [1.807, 2.05) is 45.9 Å². The summed E-state index contributed by atoms with van der Waals surface area (Å²) in [4.78, 5) is 0. The highest BCUT2D eigenvalue weighted by Crippen LogP contribution is 2.32. The lowest BCUT2D eigenvalue weighted by Gasteiger charge is -2.22. The lowest BCUT2D eigenvalue weighted by Crippen LogP contribution is -2.14. The Morgan fingerprint density at radius 3 is 2.16 bits per heavy atom. The number of rotatable bonds is 1. The summed E-state index contributed by atoms with van der Waals surface area (Å²) in [7, 11) is 0. The van der Waals surface area contributed by atoms with E-state index in [0.29, 0.717) is 5.56 Å². The van der Waals surface area contributed by atoms with Crippen LogP contribution in [0.1, 0.15) is 37.5 Å². The van der Waals surface area contributed by atoms with Gasteiger partial charge in [-0.1, -0.05) is 50.6 Å². The van der Waals surface area contributed by atoms with Gasteiger partial charge in [-0.3, -0.25) is 0 Å². The number of benzene rings is 2. The Labute approximate surface area is 115 Å². The average molecular weight is 256 g/mol. The van der Waals surface area contributed by atoms with Crippen molar-refractivity contribution in [3.63, 3.8) is 0 Å². The molecular formula is C18H21F. The first-order valence-electron chi connectivity index (χ1n) is 6.67. The second-order valence-electron chi connectivity index (χ2n) is 6.27. The lowest BCUT2D eigenvalue weighted by molar-refractivity contribution is 0.519. The number of aryl methyl sites for hydroxylation is 2. The molecule has 0 bridgehead atoms. The minimum atomic E-state index is -0.186. The van der Waals surface area contributed by atoms with Crippen LogP contribution in [0, 0.1) is 19.7 Å². The molecule has 0 amide bonds. The van der Waals surface area contributed by atoms with Crippen LogP contribution >= 0.6 is 0 Å². The molecule has 2 aromatic carbocycles. The molecule has 0 spiro atoms. The summed E-state index contributed by atoms with van der Waals surface area (Å²) in [6.07, 6.45) is 0. The van der Waals surface area contributed by atoms with Crippen molar-refractivity contribution in [2.24, 2.45) is 0 Å². The van der Waals surface area contributed by atoms with Gasteiger partial charge in [0.15, 0.2) is 0 Å². The van der Waals surface area contributed by atoms with Crippen LogP contribution in [0.3, 0.4) is 0 Å². The normalized spacial score (nSPS) is 11.7. The molecule has 0 aliphatic rings. The lowest BCUT2D eigenvalue weighted by atomic mass is 9.83. The van der Waals surface area contributed by atoms with E-state index in [1.165, 1.54) is 5.56 Å². The molecule has 0 heterocycles. The Kier molecular flexibility index (Phi) is 3.49. The van der Waals surface area contributed by atoms with Gasteiger partial charge in [0.25, 0.3) is 0 Å². The van der Waals surface area contributed by atoms with Crippen LogP contribution in [-0.2, 0) is 5.41 Å². The first-order valence-corrected chi connectivity index (χ1v) is 6.67. The van der Waals surface area contributed by atoms with Crippen molar-refractivity contribution in [3.8, 4) is 11.1 Å². The fourth-order valence-electron chi connectivity index (χ4n) is 2.31. The van der Waals surface area contributed by atoms with E-state index in [9.17, 15) is 4.39 Å². The van der Waals surface area contributed by atoms with Gasteiger partial charge in [0.05, 0.1) is 0 Å². The van der Waals surface area contributed by atoms with Crippen molar-refractivity contribution < 1.29 is 4.39 Å². The highest BCUT2D eigenvalue weighted by atomic mass is 19.1. The fourth-order valence-corrected chi connectivity index (χ4v) is 2.31. The molecule has 2 rings (SSSR count). The molecule has 0 aromatic heterocycles. The molecule has 0 saturated heterocycles. The summed E-state index contributed by atoms with van der Waals surface area (Å²) < 4.78 is 14.3. The molecule has 0 unspecified atom stereocenters. The van der Waals surface area contributed by atoms with Crippen molar-refractivity contribution >= 4 is 0 Å². The predicted octanol–water partition coefficient (Wildman–Crippen LogP) is 5.41. The van der Waals surface area contributed by atoms with Gasteiger partial charge in [-0.2, -0.15) is 0 Å². The smallest absolute Gasteiger partial charge is 0.129 e. The third-order valence-electron chi connectivity index (χ3n) is 3.41. The van der Waals surface area contributed by atoms with Gasteiger partial charge in [0, 0.05) is 0 Å². The first-order chi connectivity index (χ1) is 8.79. The summed E-state index contributed by atoms with van der Waals surface area (Å²) in [6, 6.07) is 12.2. The van der Waals surface area contributed by atoms with Crippen LogP contribution in [0.25, 0.3) is 11.1 Å². The molecule has 0 saturated carbocycles. The molecule has 100 valence electrons. The van der Waals surface area contributed by atoms with E-state index in [1.54, 1.807) is 0 Å². The SMILES string of the molecule is Cc1cccc(-c2cc(C)c(F)c(C(C)(C)C)c2)c1. The van der Waals surface area contributed by atoms with Crippen LogP contribution < -0.4 is 0 Å². The number of hydrogen-bond donors (Lipinski definition) is 0. The maximum absolute atomic E-state index is 14.3. The topological polar surface area (TPSA) is 0 Å². The van der Waals surface area contributed by atoms with Gasteiger partial charge in [0.1, 0.15) is 5.82 Å². The van der Waals surface area contributed by atoms with Gasteiger partial charge >= 0.3 is 0 Å². The van der Waals surface area contributed by atoms with E-state index in [4.69, 9.17) is 0 Å². The molecule has 0 atom stereocenters. The second kappa shape index (κ2) is 4.80. The molecule has 0 N–H and O–H groups in total. The Bertz CT molecular complexity index is 604. The highest BCUT2D eigenvalue weighted by Gasteiger charge is 2.20. The summed E-state index contributed by atoms with van der Waals surface area (Å²) in [5.74, 6) is -0.0797. The number of halogens is 1. The highest BCUT2D eigenvalue weighted by molar-refractivity contribution is 5.66. The molecule has 0 nitrogen and oxygen atoms in total. The third-order valence-corrected chi connectivity index (χ3v) is 3.41. The largest absolute Gasteiger partial charge is 0.206 e. The summed E-state index contributed by atoms with van der Waals surface area (Å²) in [5, 5.41) is 0. The Balaban J connectivity index is 2.63. The Hall–Kier alpha value is -1.63. The van der Waals surface area contributed by atoms with Crippen molar-refractivity contribution in [1.29, 1.82) is 0 Å². The molecule has 19 heavy (non-hydrogen) atoms. The van der Waals surface area contributed by atoms with E-state index >= 15 is 0 Å². The van der Waals surface area contributed by atoms with Crippen LogP contribution in [0.5, 0.6) is 0 Å². The molecule has 2 aromatic rings. The van der Waals surface area contributed by atoms with E-state index in [2.05, 4.69) is 25.1 Å². The quantitative estimate of drug-likeness (QED) is 0.640. The van der Waals surface area contributed by atoms with Crippen molar-refractivity contribution in [1.82, 2.24) is 0 Å². The van der Waals surface area contributed by atoms with E-state index in [-0.39, 0.29) is 11.2 Å². The summed E-state index contributed by atoms with van der Waals surface area (Å²) in [6.45, 7) is 10.1. The summed E-state index contributed by atoms with van der Waals surface area (Å²) >= 11 is 0. The van der Waals surface area contributed by atoms with E-state index in [0.717, 1.165) is 16.7 Å². The standard InChI is InChI=1S/C18H21F/c1-12-7-6-8-14(9-12)15-10-13(2)17(19)16(11-15)18(3,4)5/h6-11H,1-5H3. The minimum Gasteiger partial charge on any atom is -0.206 e. The zero-order chi connectivity index (χ0) is 14.2. The summed E-state index contributed by atoms with van der Waals surface area (Å²) in [5.41, 5.74) is 4.76. The van der Waals surface area contributed by atoms with Gasteiger partial charge in [0.2, 0.25) is 0 Å². The zero-order valence-corrected chi connectivity index (χ0v) is 12.3. The van der Waals surface area contributed by atoms with Crippen LogP contribution in [0.2, 0.25) is 0 Å². The third kappa shape index (κ3) is 2.86. The van der Waals surface area contributed by atoms with Crippen molar-refractivity contribution in [3.05, 3.63) is 58.9 Å². The van der Waals surface area contributed by atoms with Crippen LogP contribution in [-0.4, -0.2) is 0 Å². The molecule has 0 radical (unpaired) electrons. The average Bonchev–Trinajstić information content (AvgIpc) is 2.31. The van der Waals surface area contributed by atoms with Crippen LogP contribution in [0.15, 0.2) is 36.4 Å². The monoisotopic (exact) mass is 256 g/mol. The van der Waals surface area contributed by atoms with Gasteiger partial charge in [-0.15, -0.1) is 0 Å². The van der Waals surface area contributed by atoms with Gasteiger partial charge in [-0.25, -0.2) is 4.39 Å².